The van der Waals surface area contributed by atoms with Crippen molar-refractivity contribution in [1.82, 2.24) is 0 Å². The minimum Gasteiger partial charge on any atom is -0.507 e. The Hall–Kier alpha value is -2.03. The molecule has 28 heavy (non-hydrogen) atoms. The van der Waals surface area contributed by atoms with Gasteiger partial charge in [-0.3, -0.25) is 0 Å². The highest BCUT2D eigenvalue weighted by Crippen LogP contribution is 2.32. The molecule has 0 aliphatic rings. The van der Waals surface area contributed by atoms with Crippen LogP contribution in [-0.4, -0.2) is 16.2 Å². The summed E-state index contributed by atoms with van der Waals surface area (Å²) in [5.74, 6) is -1.13. The Bertz CT molecular complexity index is 736. The van der Waals surface area contributed by atoms with Crippen LogP contribution in [0.1, 0.15) is 99.9 Å². The van der Waals surface area contributed by atoms with Gasteiger partial charge in [-0.1, -0.05) is 102 Å². The van der Waals surface area contributed by atoms with E-state index in [-0.39, 0.29) is 11.3 Å². The van der Waals surface area contributed by atoms with E-state index in [1.54, 1.807) is 12.1 Å². The lowest BCUT2D eigenvalue weighted by Gasteiger charge is -2.11. The van der Waals surface area contributed by atoms with Crippen molar-refractivity contribution in [3.05, 3.63) is 41.5 Å². The van der Waals surface area contributed by atoms with Gasteiger partial charge in [0.2, 0.25) is 0 Å². The minimum absolute atomic E-state index is 0.0343. The van der Waals surface area contributed by atoms with Gasteiger partial charge in [0, 0.05) is 0 Å². The van der Waals surface area contributed by atoms with Crippen LogP contribution in [0.5, 0.6) is 5.75 Å². The molecule has 0 saturated heterocycles. The van der Waals surface area contributed by atoms with Gasteiger partial charge in [0.25, 0.3) is 0 Å². The fraction of sp³-hybridized carbons (Fsp3) is 0.560. The molecule has 0 radical (unpaired) electrons. The molecule has 2 rings (SSSR count). The second kappa shape index (κ2) is 12.4. The van der Waals surface area contributed by atoms with Crippen LogP contribution in [-0.2, 0) is 6.42 Å². The van der Waals surface area contributed by atoms with Crippen LogP contribution in [0.2, 0.25) is 0 Å². The minimum atomic E-state index is -1.06. The van der Waals surface area contributed by atoms with Gasteiger partial charge < -0.3 is 10.2 Å². The zero-order chi connectivity index (χ0) is 20.2. The van der Waals surface area contributed by atoms with E-state index >= 15 is 0 Å². The summed E-state index contributed by atoms with van der Waals surface area (Å²) in [5.41, 5.74) is 0.787. The molecule has 0 aliphatic heterocycles. The molecule has 0 amide bonds. The van der Waals surface area contributed by atoms with Crippen molar-refractivity contribution in [2.75, 3.05) is 0 Å². The lowest BCUT2D eigenvalue weighted by atomic mass is 9.96. The van der Waals surface area contributed by atoms with Gasteiger partial charge in [-0.2, -0.15) is 0 Å². The molecule has 0 aromatic heterocycles. The highest BCUT2D eigenvalue weighted by Gasteiger charge is 2.17. The van der Waals surface area contributed by atoms with Crippen LogP contribution in [0.15, 0.2) is 30.3 Å². The van der Waals surface area contributed by atoms with E-state index in [9.17, 15) is 15.0 Å². The first kappa shape index (κ1) is 22.3. The maximum absolute atomic E-state index is 11.6. The lowest BCUT2D eigenvalue weighted by molar-refractivity contribution is 0.0696. The summed E-state index contributed by atoms with van der Waals surface area (Å²) in [4.78, 5) is 11.6. The number of carbonyl (C=O) groups is 1. The van der Waals surface area contributed by atoms with E-state index in [2.05, 4.69) is 6.92 Å². The zero-order valence-electron chi connectivity index (χ0n) is 17.4. The standard InChI is InChI=1S/C25H36O3/c1-2-3-4-5-6-7-8-9-10-11-12-13-17-21-19-20-16-14-15-18-22(20)23(24(21)26)25(27)28/h14-16,18-19,26H,2-13,17H2,1H3,(H,27,28). The van der Waals surface area contributed by atoms with Crippen LogP contribution in [0.25, 0.3) is 10.8 Å². The fourth-order valence-corrected chi connectivity index (χ4v) is 3.96. The van der Waals surface area contributed by atoms with Crippen molar-refractivity contribution in [3.8, 4) is 5.75 Å². The number of aryl methyl sites for hydroxylation is 1. The molecule has 0 spiro atoms. The normalized spacial score (nSPS) is 11.2. The summed E-state index contributed by atoms with van der Waals surface area (Å²) in [6.07, 6.45) is 16.2. The third-order valence-electron chi connectivity index (χ3n) is 5.61. The first-order valence-electron chi connectivity index (χ1n) is 11.1. The number of hydrogen-bond acceptors (Lipinski definition) is 2. The molecule has 0 saturated carbocycles. The highest BCUT2D eigenvalue weighted by molar-refractivity contribution is 6.06. The summed E-state index contributed by atoms with van der Waals surface area (Å²) in [6, 6.07) is 9.31. The van der Waals surface area contributed by atoms with Crippen LogP contribution in [0.4, 0.5) is 0 Å². The van der Waals surface area contributed by atoms with E-state index in [4.69, 9.17) is 0 Å². The summed E-state index contributed by atoms with van der Waals surface area (Å²) < 4.78 is 0. The summed E-state index contributed by atoms with van der Waals surface area (Å²) in [6.45, 7) is 2.26. The lowest BCUT2D eigenvalue weighted by Crippen LogP contribution is -2.01. The van der Waals surface area contributed by atoms with Crippen molar-refractivity contribution < 1.29 is 15.0 Å². The van der Waals surface area contributed by atoms with Gasteiger partial charge in [0.05, 0.1) is 0 Å². The van der Waals surface area contributed by atoms with E-state index in [1.165, 1.54) is 64.2 Å². The first-order chi connectivity index (χ1) is 13.6. The Labute approximate surface area is 169 Å². The van der Waals surface area contributed by atoms with E-state index in [0.717, 1.165) is 30.2 Å². The van der Waals surface area contributed by atoms with Crippen LogP contribution >= 0.6 is 0 Å². The van der Waals surface area contributed by atoms with Gasteiger partial charge in [-0.25, -0.2) is 4.79 Å². The number of unbranched alkanes of at least 4 members (excludes halogenated alkanes) is 11. The number of carboxylic acids is 1. The van der Waals surface area contributed by atoms with Crippen LogP contribution in [0.3, 0.4) is 0 Å². The number of benzene rings is 2. The van der Waals surface area contributed by atoms with Gasteiger partial charge in [-0.05, 0) is 35.2 Å². The first-order valence-corrected chi connectivity index (χ1v) is 11.1. The second-order valence-corrected chi connectivity index (χ2v) is 7.92. The van der Waals surface area contributed by atoms with Crippen molar-refractivity contribution in [1.29, 1.82) is 0 Å². The number of aromatic hydroxyl groups is 1. The zero-order valence-corrected chi connectivity index (χ0v) is 17.4. The van der Waals surface area contributed by atoms with Crippen molar-refractivity contribution in [2.45, 2.75) is 90.4 Å². The van der Waals surface area contributed by atoms with Gasteiger partial charge >= 0.3 is 5.97 Å². The van der Waals surface area contributed by atoms with Crippen molar-refractivity contribution in [2.24, 2.45) is 0 Å². The van der Waals surface area contributed by atoms with Crippen molar-refractivity contribution in [3.63, 3.8) is 0 Å². The molecule has 0 bridgehead atoms. The monoisotopic (exact) mass is 384 g/mol. The van der Waals surface area contributed by atoms with E-state index in [1.807, 2.05) is 18.2 Å². The summed E-state index contributed by atoms with van der Waals surface area (Å²) in [7, 11) is 0. The van der Waals surface area contributed by atoms with Crippen molar-refractivity contribution >= 4 is 16.7 Å². The number of rotatable bonds is 14. The summed E-state index contributed by atoms with van der Waals surface area (Å²) >= 11 is 0. The molecule has 0 aliphatic carbocycles. The number of fused-ring (bicyclic) bond motifs is 1. The quantitative estimate of drug-likeness (QED) is 0.332. The Morgan fingerprint density at radius 1 is 0.821 bits per heavy atom. The fourth-order valence-electron chi connectivity index (χ4n) is 3.96. The topological polar surface area (TPSA) is 57.5 Å². The molecule has 0 unspecified atom stereocenters. The molecule has 0 fully saturated rings. The van der Waals surface area contributed by atoms with Gasteiger partial charge in [-0.15, -0.1) is 0 Å². The summed E-state index contributed by atoms with van der Waals surface area (Å²) in [5, 5.41) is 21.4. The Balaban J connectivity index is 1.70. The third kappa shape index (κ3) is 6.85. The predicted octanol–water partition coefficient (Wildman–Crippen LogP) is 7.49. The number of carboxylic acid groups (broad SMARTS) is 1. The molecule has 2 aromatic carbocycles. The highest BCUT2D eigenvalue weighted by atomic mass is 16.4. The van der Waals surface area contributed by atoms with Gasteiger partial charge in [0.15, 0.2) is 0 Å². The Morgan fingerprint density at radius 3 is 1.93 bits per heavy atom. The molecule has 3 nitrogen and oxygen atoms in total. The number of phenols is 1. The maximum Gasteiger partial charge on any atom is 0.340 e. The smallest absolute Gasteiger partial charge is 0.340 e. The average molecular weight is 385 g/mol. The van der Waals surface area contributed by atoms with Gasteiger partial charge in [0.1, 0.15) is 11.3 Å². The molecule has 0 heterocycles. The molecule has 154 valence electrons. The Kier molecular flexibility index (Phi) is 9.88. The molecular weight excluding hydrogens is 348 g/mol. The average Bonchev–Trinajstić information content (AvgIpc) is 2.68. The predicted molar refractivity (Wildman–Crippen MR) is 117 cm³/mol. The van der Waals surface area contributed by atoms with Crippen LogP contribution in [0, 0.1) is 0 Å². The molecule has 0 atom stereocenters. The van der Waals surface area contributed by atoms with Crippen LogP contribution < -0.4 is 0 Å². The maximum atomic E-state index is 11.6. The molecule has 3 heteroatoms. The third-order valence-corrected chi connectivity index (χ3v) is 5.61. The molecule has 2 aromatic rings. The molecular formula is C25H36O3. The largest absolute Gasteiger partial charge is 0.507 e. The number of aromatic carboxylic acids is 1. The SMILES string of the molecule is CCCCCCCCCCCCCCc1cc2ccccc2c(C(=O)O)c1O. The van der Waals surface area contributed by atoms with E-state index in [0.29, 0.717) is 5.39 Å². The Morgan fingerprint density at radius 2 is 1.36 bits per heavy atom. The molecule has 2 N–H and O–H groups in total. The van der Waals surface area contributed by atoms with E-state index < -0.39 is 5.97 Å². The second-order valence-electron chi connectivity index (χ2n) is 7.92. The number of hydrogen-bond donors (Lipinski definition) is 2.